The lowest BCUT2D eigenvalue weighted by atomic mass is 10.0. The first-order chi connectivity index (χ1) is 26.6. The van der Waals surface area contributed by atoms with Gasteiger partial charge in [-0.1, -0.05) is 183 Å². The SMILES string of the molecule is CCCCCCN=c1[nH]nnc(-c2ccc[nH]2)c1CCc1ccccc1.O=C(c1ccccc1)c1ccccc1.O=C(c1ccccc1)c1ccccc1. The number of benzene rings is 5. The van der Waals surface area contributed by atoms with E-state index in [0.29, 0.717) is 0 Å². The largest absolute Gasteiger partial charge is 0.360 e. The standard InChI is InChI=1S/C21H27N5.2C13H10O/c1-2-3-4-8-15-23-21-18(14-13-17-10-6-5-7-11-17)20(24-26-25-21)19-12-9-16-22-19;2*14-13(11-7-3-1-4-8-11)12-9-5-2-6-10-12/h5-7,9-12,16,22H,2-4,8,13-15H2,1H3,(H,23,24,25);2*1-10H. The molecule has 0 radical (unpaired) electrons. The summed E-state index contributed by atoms with van der Waals surface area (Å²) in [5.74, 6) is 0.150. The lowest BCUT2D eigenvalue weighted by molar-refractivity contribution is 0.103. The third-order valence-corrected chi connectivity index (χ3v) is 8.66. The molecule has 2 heterocycles. The molecule has 0 bridgehead atoms. The molecule has 0 amide bonds. The van der Waals surface area contributed by atoms with Gasteiger partial charge in [0, 0.05) is 40.6 Å². The summed E-state index contributed by atoms with van der Waals surface area (Å²) in [6, 6.07) is 51.8. The maximum atomic E-state index is 11.8. The quantitative estimate of drug-likeness (QED) is 0.0917. The predicted molar refractivity (Wildman–Crippen MR) is 217 cm³/mol. The molecule has 7 aromatic rings. The third kappa shape index (κ3) is 12.1. The van der Waals surface area contributed by atoms with E-state index in [1.54, 1.807) is 0 Å². The van der Waals surface area contributed by atoms with Crippen molar-refractivity contribution in [3.05, 3.63) is 209 Å². The number of hydrogen-bond donors (Lipinski definition) is 2. The second kappa shape index (κ2) is 21.8. The van der Waals surface area contributed by atoms with E-state index >= 15 is 0 Å². The summed E-state index contributed by atoms with van der Waals surface area (Å²) in [6.45, 7) is 3.05. The average molecular weight is 714 g/mol. The number of aryl methyl sites for hydroxylation is 1. The third-order valence-electron chi connectivity index (χ3n) is 8.66. The first-order valence-corrected chi connectivity index (χ1v) is 18.6. The van der Waals surface area contributed by atoms with Crippen LogP contribution in [0.25, 0.3) is 11.4 Å². The molecule has 0 aliphatic carbocycles. The minimum atomic E-state index is 0.0752. The highest BCUT2D eigenvalue weighted by Crippen LogP contribution is 2.18. The summed E-state index contributed by atoms with van der Waals surface area (Å²) >= 11 is 0. The van der Waals surface area contributed by atoms with Crippen LogP contribution in [0.4, 0.5) is 0 Å². The van der Waals surface area contributed by atoms with Crippen molar-refractivity contribution in [2.24, 2.45) is 4.99 Å². The van der Waals surface area contributed by atoms with Gasteiger partial charge in [0.1, 0.15) is 11.2 Å². The van der Waals surface area contributed by atoms with Crippen LogP contribution in [0.1, 0.15) is 75.6 Å². The Morgan fingerprint density at radius 1 is 0.556 bits per heavy atom. The van der Waals surface area contributed by atoms with Crippen LogP contribution >= 0.6 is 0 Å². The summed E-state index contributed by atoms with van der Waals surface area (Å²) in [5, 5.41) is 11.5. The number of aromatic nitrogens is 4. The Morgan fingerprint density at radius 3 is 1.48 bits per heavy atom. The molecule has 7 heteroatoms. The van der Waals surface area contributed by atoms with Crippen molar-refractivity contribution in [1.82, 2.24) is 20.4 Å². The van der Waals surface area contributed by atoms with Crippen LogP contribution < -0.4 is 5.49 Å². The van der Waals surface area contributed by atoms with E-state index in [1.807, 2.05) is 146 Å². The number of nitrogens with one attached hydrogen (secondary N) is 2. The van der Waals surface area contributed by atoms with Crippen LogP contribution in [-0.4, -0.2) is 38.5 Å². The lowest BCUT2D eigenvalue weighted by Gasteiger charge is -2.08. The van der Waals surface area contributed by atoms with E-state index < -0.39 is 0 Å². The van der Waals surface area contributed by atoms with Gasteiger partial charge in [-0.2, -0.15) is 0 Å². The molecule has 7 rings (SSSR count). The summed E-state index contributed by atoms with van der Waals surface area (Å²) < 4.78 is 0. The van der Waals surface area contributed by atoms with Gasteiger partial charge in [0.25, 0.3) is 0 Å². The molecule has 0 atom stereocenters. The van der Waals surface area contributed by atoms with Gasteiger partial charge >= 0.3 is 0 Å². The minimum Gasteiger partial charge on any atom is -0.360 e. The van der Waals surface area contributed by atoms with E-state index in [0.717, 1.165) is 70.5 Å². The van der Waals surface area contributed by atoms with Crippen molar-refractivity contribution in [2.75, 3.05) is 6.54 Å². The van der Waals surface area contributed by atoms with Crippen molar-refractivity contribution in [3.8, 4) is 11.4 Å². The van der Waals surface area contributed by atoms with Gasteiger partial charge in [-0.3, -0.25) is 14.6 Å². The topological polar surface area (TPSA) is 104 Å². The second-order valence-electron chi connectivity index (χ2n) is 12.6. The molecule has 2 N–H and O–H groups in total. The molecular weight excluding hydrogens is 667 g/mol. The fourth-order valence-corrected chi connectivity index (χ4v) is 5.76. The Balaban J connectivity index is 0.000000169. The van der Waals surface area contributed by atoms with E-state index in [4.69, 9.17) is 4.99 Å². The number of rotatable bonds is 13. The van der Waals surface area contributed by atoms with Gasteiger partial charge in [-0.15, -0.1) is 5.10 Å². The molecular formula is C47H47N5O2. The molecule has 7 nitrogen and oxygen atoms in total. The maximum Gasteiger partial charge on any atom is 0.193 e. The van der Waals surface area contributed by atoms with Crippen LogP contribution in [0.3, 0.4) is 0 Å². The fraction of sp³-hybridized carbons (Fsp3) is 0.170. The summed E-state index contributed by atoms with van der Waals surface area (Å²) in [5.41, 5.74) is 8.11. The Morgan fingerprint density at radius 2 is 1.04 bits per heavy atom. The molecule has 0 saturated carbocycles. The van der Waals surface area contributed by atoms with Crippen LogP contribution in [0.2, 0.25) is 0 Å². The number of carbonyl (C=O) groups is 2. The number of nitrogens with zero attached hydrogens (tertiary/aromatic N) is 3. The average Bonchev–Trinajstić information content (AvgIpc) is 3.80. The fourth-order valence-electron chi connectivity index (χ4n) is 5.76. The van der Waals surface area contributed by atoms with Gasteiger partial charge < -0.3 is 4.98 Å². The monoisotopic (exact) mass is 713 g/mol. The van der Waals surface area contributed by atoms with Crippen LogP contribution in [-0.2, 0) is 12.8 Å². The zero-order valence-electron chi connectivity index (χ0n) is 30.8. The highest BCUT2D eigenvalue weighted by atomic mass is 16.1. The van der Waals surface area contributed by atoms with Crippen LogP contribution in [0.15, 0.2) is 175 Å². The molecule has 0 fully saturated rings. The molecule has 0 saturated heterocycles. The molecule has 0 aliphatic rings. The van der Waals surface area contributed by atoms with Gasteiger partial charge in [0.2, 0.25) is 0 Å². The number of aromatic amines is 2. The first-order valence-electron chi connectivity index (χ1n) is 18.6. The molecule has 54 heavy (non-hydrogen) atoms. The Hall–Kier alpha value is -6.47. The predicted octanol–water partition coefficient (Wildman–Crippen LogP) is 9.90. The molecule has 0 spiro atoms. The number of unbranched alkanes of at least 4 members (excludes halogenated alkanes) is 3. The summed E-state index contributed by atoms with van der Waals surface area (Å²) in [6.07, 6.45) is 8.58. The smallest absolute Gasteiger partial charge is 0.193 e. The molecule has 5 aromatic carbocycles. The Kier molecular flexibility index (Phi) is 15.6. The number of carbonyl (C=O) groups excluding carboxylic acids is 2. The van der Waals surface area contributed by atoms with Gasteiger partial charge in [0.15, 0.2) is 11.6 Å². The number of hydrogen-bond acceptors (Lipinski definition) is 5. The zero-order chi connectivity index (χ0) is 37.6. The van der Waals surface area contributed by atoms with Crippen molar-refractivity contribution in [2.45, 2.75) is 45.4 Å². The highest BCUT2D eigenvalue weighted by Gasteiger charge is 2.12. The van der Waals surface area contributed by atoms with Crippen LogP contribution in [0.5, 0.6) is 0 Å². The van der Waals surface area contributed by atoms with Gasteiger partial charge in [0.05, 0.1) is 5.69 Å². The summed E-state index contributed by atoms with van der Waals surface area (Å²) in [4.78, 5) is 31.7. The van der Waals surface area contributed by atoms with E-state index in [2.05, 4.69) is 51.6 Å². The molecule has 2 aromatic heterocycles. The molecule has 272 valence electrons. The van der Waals surface area contributed by atoms with Gasteiger partial charge in [-0.05, 0) is 37.0 Å². The van der Waals surface area contributed by atoms with Crippen molar-refractivity contribution < 1.29 is 9.59 Å². The van der Waals surface area contributed by atoms with Gasteiger partial charge in [-0.25, -0.2) is 5.10 Å². The highest BCUT2D eigenvalue weighted by molar-refractivity contribution is 6.09. The lowest BCUT2D eigenvalue weighted by Crippen LogP contribution is -2.21. The molecule has 0 unspecified atom stereocenters. The van der Waals surface area contributed by atoms with E-state index in [1.165, 1.54) is 24.8 Å². The first kappa shape index (κ1) is 38.8. The van der Waals surface area contributed by atoms with Crippen molar-refractivity contribution in [1.29, 1.82) is 0 Å². The molecule has 0 aliphatic heterocycles. The minimum absolute atomic E-state index is 0.0752. The zero-order valence-corrected chi connectivity index (χ0v) is 30.8. The van der Waals surface area contributed by atoms with Crippen molar-refractivity contribution in [3.63, 3.8) is 0 Å². The second-order valence-corrected chi connectivity index (χ2v) is 12.6. The van der Waals surface area contributed by atoms with Crippen molar-refractivity contribution >= 4 is 11.6 Å². The Bertz CT molecular complexity index is 2000. The van der Waals surface area contributed by atoms with E-state index in [9.17, 15) is 9.59 Å². The summed E-state index contributed by atoms with van der Waals surface area (Å²) in [7, 11) is 0. The normalized spacial score (nSPS) is 10.7. The van der Waals surface area contributed by atoms with E-state index in [-0.39, 0.29) is 11.6 Å². The number of H-pyrrole nitrogens is 2. The maximum absolute atomic E-state index is 11.8. The Labute approximate surface area is 317 Å². The van der Waals surface area contributed by atoms with Crippen LogP contribution in [0, 0.1) is 0 Å². The number of ketones is 2.